The summed E-state index contributed by atoms with van der Waals surface area (Å²) < 4.78 is 35.7. The third kappa shape index (κ3) is 2.82. The summed E-state index contributed by atoms with van der Waals surface area (Å²) in [5.41, 5.74) is 4.19. The van der Waals surface area contributed by atoms with Crippen LogP contribution in [-0.4, -0.2) is 35.7 Å². The fourth-order valence-corrected chi connectivity index (χ4v) is 5.62. The summed E-state index contributed by atoms with van der Waals surface area (Å²) in [4.78, 5) is 0.334. The highest BCUT2D eigenvalue weighted by molar-refractivity contribution is 7.89. The zero-order chi connectivity index (χ0) is 19.3. The number of ether oxygens (including phenoxy) is 1. The summed E-state index contributed by atoms with van der Waals surface area (Å²) >= 11 is 0. The minimum Gasteiger partial charge on any atom is -0.493 e. The maximum atomic E-state index is 13.4. The van der Waals surface area contributed by atoms with Crippen LogP contribution in [0.3, 0.4) is 0 Å². The number of sulfonamides is 1. The summed E-state index contributed by atoms with van der Waals surface area (Å²) in [6, 6.07) is 13.2. The van der Waals surface area contributed by atoms with E-state index in [1.807, 2.05) is 37.6 Å². The number of aryl methyl sites for hydroxylation is 1. The second-order valence-electron chi connectivity index (χ2n) is 7.36. The number of fused-ring (bicyclic) bond motifs is 2. The predicted octanol–water partition coefficient (Wildman–Crippen LogP) is 2.69. The standard InChI is InChI=1S/C21H21N3O3S/c1-23-12-17(11-22-23)20-14-24(13-16-4-2-3-5-19(16)20)28(25,26)18-6-7-21-15(10-18)8-9-27-21/h2-7,10-12,20H,8-9,13-14H2,1H3/t20-/m0/s1. The lowest BCUT2D eigenvalue weighted by Crippen LogP contribution is -2.38. The number of benzene rings is 2. The van der Waals surface area contributed by atoms with Gasteiger partial charge in [0.2, 0.25) is 10.0 Å². The molecule has 5 rings (SSSR count). The van der Waals surface area contributed by atoms with E-state index in [1.165, 1.54) is 5.56 Å². The Hall–Kier alpha value is -2.64. The Bertz CT molecular complexity index is 1150. The minimum atomic E-state index is -3.61. The van der Waals surface area contributed by atoms with E-state index in [-0.39, 0.29) is 5.92 Å². The van der Waals surface area contributed by atoms with Gasteiger partial charge in [0.15, 0.2) is 0 Å². The molecular formula is C21H21N3O3S. The summed E-state index contributed by atoms with van der Waals surface area (Å²) in [6.45, 7) is 1.39. The smallest absolute Gasteiger partial charge is 0.243 e. The summed E-state index contributed by atoms with van der Waals surface area (Å²) in [6.07, 6.45) is 4.54. The molecule has 3 heterocycles. The number of rotatable bonds is 3. The van der Waals surface area contributed by atoms with Gasteiger partial charge in [0.1, 0.15) is 5.75 Å². The zero-order valence-corrected chi connectivity index (χ0v) is 16.4. The number of aromatic nitrogens is 2. The van der Waals surface area contributed by atoms with E-state index in [1.54, 1.807) is 27.2 Å². The van der Waals surface area contributed by atoms with Crippen LogP contribution in [0, 0.1) is 0 Å². The van der Waals surface area contributed by atoms with Gasteiger partial charge in [-0.2, -0.15) is 9.40 Å². The van der Waals surface area contributed by atoms with Crippen molar-refractivity contribution in [1.29, 1.82) is 0 Å². The van der Waals surface area contributed by atoms with Crippen LogP contribution < -0.4 is 4.74 Å². The van der Waals surface area contributed by atoms with Crippen LogP contribution in [0.15, 0.2) is 59.8 Å². The quantitative estimate of drug-likeness (QED) is 0.684. The van der Waals surface area contributed by atoms with Gasteiger partial charge in [-0.25, -0.2) is 8.42 Å². The van der Waals surface area contributed by atoms with Gasteiger partial charge < -0.3 is 4.74 Å². The molecule has 0 bridgehead atoms. The van der Waals surface area contributed by atoms with Gasteiger partial charge in [0, 0.05) is 38.7 Å². The van der Waals surface area contributed by atoms with E-state index in [4.69, 9.17) is 4.74 Å². The molecule has 1 atom stereocenters. The molecule has 0 fully saturated rings. The van der Waals surface area contributed by atoms with Gasteiger partial charge in [-0.3, -0.25) is 4.68 Å². The van der Waals surface area contributed by atoms with Crippen molar-refractivity contribution < 1.29 is 13.2 Å². The van der Waals surface area contributed by atoms with Crippen molar-refractivity contribution >= 4 is 10.0 Å². The summed E-state index contributed by atoms with van der Waals surface area (Å²) in [7, 11) is -1.74. The average molecular weight is 395 g/mol. The molecule has 144 valence electrons. The van der Waals surface area contributed by atoms with Gasteiger partial charge in [-0.1, -0.05) is 24.3 Å². The third-order valence-corrected chi connectivity index (χ3v) is 7.40. The summed E-state index contributed by atoms with van der Waals surface area (Å²) in [5.74, 6) is 0.752. The minimum absolute atomic E-state index is 0.0359. The Labute approximate surface area is 164 Å². The van der Waals surface area contributed by atoms with Gasteiger partial charge >= 0.3 is 0 Å². The Morgan fingerprint density at radius 3 is 2.82 bits per heavy atom. The molecule has 2 aliphatic heterocycles. The van der Waals surface area contributed by atoms with Gasteiger partial charge in [-0.05, 0) is 40.5 Å². The lowest BCUT2D eigenvalue weighted by molar-refractivity contribution is 0.356. The molecule has 0 unspecified atom stereocenters. The Morgan fingerprint density at radius 2 is 2.00 bits per heavy atom. The van der Waals surface area contributed by atoms with Gasteiger partial charge in [-0.15, -0.1) is 0 Å². The van der Waals surface area contributed by atoms with Crippen LogP contribution in [0.1, 0.15) is 28.2 Å². The van der Waals surface area contributed by atoms with Crippen LogP contribution in [0.2, 0.25) is 0 Å². The molecule has 0 amide bonds. The molecule has 28 heavy (non-hydrogen) atoms. The molecule has 0 radical (unpaired) electrons. The van der Waals surface area contributed by atoms with Crippen molar-refractivity contribution in [3.05, 3.63) is 77.1 Å². The maximum absolute atomic E-state index is 13.4. The molecule has 0 saturated carbocycles. The largest absolute Gasteiger partial charge is 0.493 e. The number of nitrogens with zero attached hydrogens (tertiary/aromatic N) is 3. The topological polar surface area (TPSA) is 64.4 Å². The molecule has 7 heteroatoms. The molecule has 0 saturated heterocycles. The van der Waals surface area contributed by atoms with Crippen molar-refractivity contribution in [2.45, 2.75) is 23.8 Å². The molecule has 2 aromatic carbocycles. The highest BCUT2D eigenvalue weighted by Gasteiger charge is 2.35. The fraction of sp³-hybridized carbons (Fsp3) is 0.286. The van der Waals surface area contributed by atoms with Crippen LogP contribution in [0.4, 0.5) is 0 Å². The lowest BCUT2D eigenvalue weighted by Gasteiger charge is -2.33. The first-order valence-electron chi connectivity index (χ1n) is 9.34. The molecule has 0 N–H and O–H groups in total. The molecule has 6 nitrogen and oxygen atoms in total. The van der Waals surface area contributed by atoms with Gasteiger partial charge in [0.05, 0.1) is 17.7 Å². The lowest BCUT2D eigenvalue weighted by atomic mass is 9.87. The van der Waals surface area contributed by atoms with Crippen LogP contribution in [0.5, 0.6) is 5.75 Å². The monoisotopic (exact) mass is 395 g/mol. The van der Waals surface area contributed by atoms with E-state index < -0.39 is 10.0 Å². The van der Waals surface area contributed by atoms with E-state index in [0.29, 0.717) is 24.6 Å². The molecular weight excluding hydrogens is 374 g/mol. The maximum Gasteiger partial charge on any atom is 0.243 e. The molecule has 2 aliphatic rings. The second-order valence-corrected chi connectivity index (χ2v) is 9.30. The first-order chi connectivity index (χ1) is 13.5. The first-order valence-corrected chi connectivity index (χ1v) is 10.8. The van der Waals surface area contributed by atoms with Crippen molar-refractivity contribution in [2.75, 3.05) is 13.2 Å². The molecule has 0 spiro atoms. The normalized spacial score (nSPS) is 19.1. The molecule has 1 aromatic heterocycles. The fourth-order valence-electron chi connectivity index (χ4n) is 4.14. The van der Waals surface area contributed by atoms with Crippen LogP contribution in [-0.2, 0) is 30.0 Å². The first kappa shape index (κ1) is 17.5. The third-order valence-electron chi connectivity index (χ3n) is 5.59. The van der Waals surface area contributed by atoms with Crippen molar-refractivity contribution in [3.63, 3.8) is 0 Å². The molecule has 0 aliphatic carbocycles. The van der Waals surface area contributed by atoms with Crippen molar-refractivity contribution in [2.24, 2.45) is 7.05 Å². The predicted molar refractivity (Wildman–Crippen MR) is 105 cm³/mol. The van der Waals surface area contributed by atoms with Gasteiger partial charge in [0.25, 0.3) is 0 Å². The SMILES string of the molecule is Cn1cc([C@@H]2CN(S(=O)(=O)c3ccc4c(c3)CCO4)Cc3ccccc32)cn1. The van der Waals surface area contributed by atoms with E-state index in [2.05, 4.69) is 11.2 Å². The van der Waals surface area contributed by atoms with Crippen molar-refractivity contribution in [3.8, 4) is 5.75 Å². The zero-order valence-electron chi connectivity index (χ0n) is 15.6. The Morgan fingerprint density at radius 1 is 1.14 bits per heavy atom. The van der Waals surface area contributed by atoms with E-state index in [0.717, 1.165) is 28.9 Å². The van der Waals surface area contributed by atoms with Crippen LogP contribution >= 0.6 is 0 Å². The average Bonchev–Trinajstić information content (AvgIpc) is 3.35. The van der Waals surface area contributed by atoms with Crippen LogP contribution in [0.25, 0.3) is 0 Å². The Kier molecular flexibility index (Phi) is 4.03. The number of hydrogen-bond acceptors (Lipinski definition) is 4. The molecule has 3 aromatic rings. The van der Waals surface area contributed by atoms with E-state index in [9.17, 15) is 8.42 Å². The van der Waals surface area contributed by atoms with Crippen molar-refractivity contribution in [1.82, 2.24) is 14.1 Å². The number of hydrogen-bond donors (Lipinski definition) is 0. The highest BCUT2D eigenvalue weighted by atomic mass is 32.2. The Balaban J connectivity index is 1.55. The summed E-state index contributed by atoms with van der Waals surface area (Å²) in [5, 5.41) is 4.28. The van der Waals surface area contributed by atoms with E-state index >= 15 is 0 Å². The second kappa shape index (κ2) is 6.46. The highest BCUT2D eigenvalue weighted by Crippen LogP contribution is 2.36.